The van der Waals surface area contributed by atoms with Crippen LogP contribution < -0.4 is 10.1 Å². The lowest BCUT2D eigenvalue weighted by molar-refractivity contribution is 0.404. The fraction of sp³-hybridized carbons (Fsp3) is 0.400. The van der Waals surface area contributed by atoms with Crippen molar-refractivity contribution in [3.05, 3.63) is 45.4 Å². The summed E-state index contributed by atoms with van der Waals surface area (Å²) >= 11 is 1.73. The van der Waals surface area contributed by atoms with Crippen molar-refractivity contribution in [2.45, 2.75) is 26.8 Å². The highest BCUT2D eigenvalue weighted by Gasteiger charge is 2.19. The van der Waals surface area contributed by atoms with E-state index in [-0.39, 0.29) is 6.04 Å². The maximum atomic E-state index is 5.50. The van der Waals surface area contributed by atoms with Crippen LogP contribution in [-0.4, -0.2) is 18.6 Å². The molecule has 2 aromatic rings. The van der Waals surface area contributed by atoms with Crippen molar-refractivity contribution in [3.8, 4) is 5.75 Å². The summed E-state index contributed by atoms with van der Waals surface area (Å²) in [6, 6.07) is 6.43. The smallest absolute Gasteiger partial charge is 0.124 e. The lowest BCUT2D eigenvalue weighted by Crippen LogP contribution is -2.21. The molecule has 0 aliphatic heterocycles. The minimum absolute atomic E-state index is 0.144. The monoisotopic (exact) mass is 276 g/mol. The number of thiazole rings is 1. The Kier molecular flexibility index (Phi) is 4.56. The Balaban J connectivity index is 2.46. The largest absolute Gasteiger partial charge is 0.496 e. The number of nitrogens with one attached hydrogen (secondary N) is 1. The summed E-state index contributed by atoms with van der Waals surface area (Å²) in [5, 5.41) is 4.61. The molecule has 0 bridgehead atoms. The Labute approximate surface area is 118 Å². The molecule has 0 fully saturated rings. The predicted molar refractivity (Wildman–Crippen MR) is 80.1 cm³/mol. The van der Waals surface area contributed by atoms with Crippen LogP contribution in [0.4, 0.5) is 0 Å². The highest BCUT2D eigenvalue weighted by molar-refractivity contribution is 7.11. The molecule has 0 spiro atoms. The van der Waals surface area contributed by atoms with Gasteiger partial charge >= 0.3 is 0 Å². The molecule has 0 saturated heterocycles. The van der Waals surface area contributed by atoms with E-state index in [1.807, 2.05) is 19.2 Å². The van der Waals surface area contributed by atoms with Crippen LogP contribution in [0.1, 0.15) is 34.0 Å². The van der Waals surface area contributed by atoms with E-state index >= 15 is 0 Å². The Morgan fingerprint density at radius 3 is 2.74 bits per heavy atom. The zero-order valence-corrected chi connectivity index (χ0v) is 12.7. The van der Waals surface area contributed by atoms with Gasteiger partial charge in [-0.1, -0.05) is 24.6 Å². The van der Waals surface area contributed by atoms with Gasteiger partial charge < -0.3 is 10.1 Å². The van der Waals surface area contributed by atoms with Crippen LogP contribution in [0, 0.1) is 13.8 Å². The number of hydrogen-bond acceptors (Lipinski definition) is 4. The van der Waals surface area contributed by atoms with Crippen LogP contribution in [0.2, 0.25) is 0 Å². The molecule has 1 atom stereocenters. The lowest BCUT2D eigenvalue weighted by atomic mass is 10.0. The summed E-state index contributed by atoms with van der Waals surface area (Å²) in [6.07, 6.45) is 1.95. The van der Waals surface area contributed by atoms with E-state index < -0.39 is 0 Å². The van der Waals surface area contributed by atoms with Gasteiger partial charge in [-0.2, -0.15) is 0 Å². The average Bonchev–Trinajstić information content (AvgIpc) is 2.82. The topological polar surface area (TPSA) is 34.2 Å². The summed E-state index contributed by atoms with van der Waals surface area (Å²) in [7, 11) is 1.72. The first-order chi connectivity index (χ1) is 9.15. The van der Waals surface area contributed by atoms with Gasteiger partial charge in [0.25, 0.3) is 0 Å². The molecule has 0 radical (unpaired) electrons. The lowest BCUT2D eigenvalue weighted by Gasteiger charge is -2.20. The number of hydrogen-bond donors (Lipinski definition) is 1. The number of ether oxygens (including phenoxy) is 1. The van der Waals surface area contributed by atoms with Gasteiger partial charge in [-0.05, 0) is 26.5 Å². The van der Waals surface area contributed by atoms with Crippen LogP contribution in [0.5, 0.6) is 5.75 Å². The number of benzene rings is 1. The highest BCUT2D eigenvalue weighted by Crippen LogP contribution is 2.33. The predicted octanol–water partition coefficient (Wildman–Crippen LogP) is 3.47. The third kappa shape index (κ3) is 3.14. The van der Waals surface area contributed by atoms with Crippen LogP contribution in [0.3, 0.4) is 0 Å². The second-order valence-electron chi connectivity index (χ2n) is 4.52. The van der Waals surface area contributed by atoms with Crippen molar-refractivity contribution in [1.29, 1.82) is 0 Å². The summed E-state index contributed by atoms with van der Waals surface area (Å²) in [5.74, 6) is 0.919. The van der Waals surface area contributed by atoms with E-state index in [2.05, 4.69) is 36.3 Å². The maximum Gasteiger partial charge on any atom is 0.124 e. The van der Waals surface area contributed by atoms with Crippen molar-refractivity contribution in [3.63, 3.8) is 0 Å². The van der Waals surface area contributed by atoms with Gasteiger partial charge in [-0.15, -0.1) is 11.3 Å². The van der Waals surface area contributed by atoms with Crippen LogP contribution in [0.25, 0.3) is 0 Å². The Hall–Kier alpha value is -1.39. The van der Waals surface area contributed by atoms with E-state index in [4.69, 9.17) is 4.74 Å². The van der Waals surface area contributed by atoms with Gasteiger partial charge in [-0.25, -0.2) is 4.98 Å². The van der Waals surface area contributed by atoms with Crippen molar-refractivity contribution in [2.24, 2.45) is 0 Å². The summed E-state index contributed by atoms with van der Waals surface area (Å²) in [6.45, 7) is 7.15. The molecule has 1 aromatic carbocycles. The zero-order chi connectivity index (χ0) is 13.8. The highest BCUT2D eigenvalue weighted by atomic mass is 32.1. The van der Waals surface area contributed by atoms with Gasteiger partial charge in [0.05, 0.1) is 18.2 Å². The maximum absolute atomic E-state index is 5.50. The summed E-state index contributed by atoms with van der Waals surface area (Å²) in [5.41, 5.74) is 2.41. The fourth-order valence-electron chi connectivity index (χ4n) is 2.16. The summed E-state index contributed by atoms with van der Waals surface area (Å²) in [4.78, 5) is 5.59. The standard InChI is InChI=1S/C15H20N2OS/c1-5-16-15(14-9-17-11(3)19-14)12-8-10(2)6-7-13(12)18-4/h6-9,15-16H,5H2,1-4H3. The van der Waals surface area contributed by atoms with E-state index in [1.165, 1.54) is 16.0 Å². The molecule has 1 N–H and O–H groups in total. The number of methoxy groups -OCH3 is 1. The minimum Gasteiger partial charge on any atom is -0.496 e. The number of nitrogens with zero attached hydrogens (tertiary/aromatic N) is 1. The Morgan fingerprint density at radius 2 is 2.16 bits per heavy atom. The molecule has 1 aromatic heterocycles. The third-order valence-electron chi connectivity index (χ3n) is 3.03. The van der Waals surface area contributed by atoms with Gasteiger partial charge in [-0.3, -0.25) is 0 Å². The molecule has 1 unspecified atom stereocenters. The van der Waals surface area contributed by atoms with Gasteiger partial charge in [0.2, 0.25) is 0 Å². The summed E-state index contributed by atoms with van der Waals surface area (Å²) < 4.78 is 5.50. The number of aryl methyl sites for hydroxylation is 2. The zero-order valence-electron chi connectivity index (χ0n) is 11.9. The Morgan fingerprint density at radius 1 is 1.37 bits per heavy atom. The first-order valence-corrected chi connectivity index (χ1v) is 7.27. The molecule has 2 rings (SSSR count). The molecule has 3 nitrogen and oxygen atoms in total. The molecule has 102 valence electrons. The molecule has 19 heavy (non-hydrogen) atoms. The molecule has 4 heteroatoms. The SMILES string of the molecule is CCNC(c1cnc(C)s1)c1cc(C)ccc1OC. The number of aromatic nitrogens is 1. The molecule has 1 heterocycles. The van der Waals surface area contributed by atoms with Crippen LogP contribution in [-0.2, 0) is 0 Å². The van der Waals surface area contributed by atoms with E-state index in [9.17, 15) is 0 Å². The molecule has 0 aliphatic rings. The van der Waals surface area contributed by atoms with Crippen molar-refractivity contribution >= 4 is 11.3 Å². The normalized spacial score (nSPS) is 12.4. The van der Waals surface area contributed by atoms with E-state index in [0.717, 1.165) is 17.3 Å². The molecule has 0 amide bonds. The minimum atomic E-state index is 0.144. The second kappa shape index (κ2) is 6.17. The van der Waals surface area contributed by atoms with Crippen LogP contribution >= 0.6 is 11.3 Å². The first kappa shape index (κ1) is 14.0. The second-order valence-corrected chi connectivity index (χ2v) is 5.78. The molecule has 0 saturated carbocycles. The van der Waals surface area contributed by atoms with Crippen molar-refractivity contribution in [1.82, 2.24) is 10.3 Å². The first-order valence-electron chi connectivity index (χ1n) is 6.46. The average molecular weight is 276 g/mol. The number of rotatable bonds is 5. The van der Waals surface area contributed by atoms with Crippen molar-refractivity contribution < 1.29 is 4.74 Å². The van der Waals surface area contributed by atoms with Gasteiger partial charge in [0.1, 0.15) is 5.75 Å². The molecule has 0 aliphatic carbocycles. The van der Waals surface area contributed by atoms with Crippen molar-refractivity contribution in [2.75, 3.05) is 13.7 Å². The Bertz CT molecular complexity index is 551. The van der Waals surface area contributed by atoms with E-state index in [1.54, 1.807) is 18.4 Å². The van der Waals surface area contributed by atoms with Gasteiger partial charge in [0.15, 0.2) is 0 Å². The van der Waals surface area contributed by atoms with E-state index in [0.29, 0.717) is 0 Å². The third-order valence-corrected chi connectivity index (χ3v) is 4.01. The molecular weight excluding hydrogens is 256 g/mol. The van der Waals surface area contributed by atoms with Crippen LogP contribution in [0.15, 0.2) is 24.4 Å². The quantitative estimate of drug-likeness (QED) is 0.908. The van der Waals surface area contributed by atoms with Gasteiger partial charge in [0, 0.05) is 16.6 Å². The molecular formula is C15H20N2OS. The fourth-order valence-corrected chi connectivity index (χ4v) is 3.04.